The number of rotatable bonds is 11. The number of alkyl carbamates (subject to hydrolysis) is 2. The van der Waals surface area contributed by atoms with Crippen LogP contribution >= 0.6 is 0 Å². The van der Waals surface area contributed by atoms with Crippen LogP contribution in [0.4, 0.5) is 19.7 Å². The number of anilines is 1. The Balaban J connectivity index is 1.07. The highest BCUT2D eigenvalue weighted by molar-refractivity contribution is 5.88. The van der Waals surface area contributed by atoms with Crippen molar-refractivity contribution in [3.05, 3.63) is 89.3 Å². The van der Waals surface area contributed by atoms with Gasteiger partial charge >= 0.3 is 12.2 Å². The second-order valence-corrected chi connectivity index (χ2v) is 17.8. The first kappa shape index (κ1) is 44.3. The summed E-state index contributed by atoms with van der Waals surface area (Å²) < 4.78 is 23.9. The Labute approximate surface area is 369 Å². The van der Waals surface area contributed by atoms with Crippen LogP contribution in [0.25, 0.3) is 22.1 Å². The third-order valence-corrected chi connectivity index (χ3v) is 12.9. The number of amides is 4. The second-order valence-electron chi connectivity index (χ2n) is 17.8. The van der Waals surface area contributed by atoms with Gasteiger partial charge in [0.2, 0.25) is 11.8 Å². The lowest BCUT2D eigenvalue weighted by molar-refractivity contribution is -0.136. The number of nitrogens with zero attached hydrogens (tertiary/aromatic N) is 5. The van der Waals surface area contributed by atoms with Crippen molar-refractivity contribution in [2.24, 2.45) is 11.8 Å². The molecular weight excluding hydrogens is 826 g/mol. The Kier molecular flexibility index (Phi) is 12.5. The summed E-state index contributed by atoms with van der Waals surface area (Å²) in [6.45, 7) is 7.51. The van der Waals surface area contributed by atoms with Crippen molar-refractivity contribution in [3.8, 4) is 0 Å². The van der Waals surface area contributed by atoms with Crippen molar-refractivity contribution in [2.45, 2.75) is 102 Å². The molecule has 0 unspecified atom stereocenters. The fourth-order valence-corrected chi connectivity index (χ4v) is 9.64. The minimum Gasteiger partial charge on any atom is -0.453 e. The molecule has 3 aliphatic heterocycles. The molecule has 17 nitrogen and oxygen atoms in total. The Hall–Kier alpha value is -6.27. The number of hydrogen-bond donors (Lipinski definition) is 6. The van der Waals surface area contributed by atoms with E-state index in [2.05, 4.69) is 25.5 Å². The first-order chi connectivity index (χ1) is 30.6. The van der Waals surface area contributed by atoms with Crippen LogP contribution < -0.4 is 15.5 Å². The SMILES string of the molecule is COC(=O)N[C@H](C(=O)N1C[C@@H](O)C[C@H]1c1nc2cc([C@H]3CC[C@H](c4ccc5[nH]c([C@@H]6C[C@H](O)CN6C(=O)[C@@H](NC(=O)OC)C(C)C)nc5c4)N3c3ccc(F)cc3)ccc2[nH]1)C(C)C. The summed E-state index contributed by atoms with van der Waals surface area (Å²) in [5, 5.41) is 26.8. The van der Waals surface area contributed by atoms with Gasteiger partial charge in [0.05, 0.1) is 72.7 Å². The Morgan fingerprint density at radius 1 is 0.672 bits per heavy atom. The first-order valence-corrected chi connectivity index (χ1v) is 21.8. The molecule has 3 fully saturated rings. The summed E-state index contributed by atoms with van der Waals surface area (Å²) in [5.74, 6) is -0.432. The molecule has 0 bridgehead atoms. The van der Waals surface area contributed by atoms with Crippen LogP contribution in [0.2, 0.25) is 0 Å². The summed E-state index contributed by atoms with van der Waals surface area (Å²) >= 11 is 0. The average Bonchev–Trinajstić information content (AvgIpc) is 4.12. The number of hydrogen-bond acceptors (Lipinski definition) is 11. The molecule has 340 valence electrons. The fourth-order valence-electron chi connectivity index (χ4n) is 9.64. The summed E-state index contributed by atoms with van der Waals surface area (Å²) in [4.78, 5) is 74.1. The normalized spacial score (nSPS) is 23.3. The molecule has 18 heteroatoms. The van der Waals surface area contributed by atoms with E-state index in [0.29, 0.717) is 22.7 Å². The third-order valence-electron chi connectivity index (χ3n) is 12.9. The molecule has 0 radical (unpaired) electrons. The van der Waals surface area contributed by atoms with Crippen LogP contribution in [-0.2, 0) is 19.1 Å². The van der Waals surface area contributed by atoms with E-state index < -0.39 is 48.6 Å². The average molecular weight is 882 g/mol. The number of likely N-dealkylation sites (tertiary alicyclic amines) is 2. The highest BCUT2D eigenvalue weighted by atomic mass is 19.1. The number of β-amino-alcohol motifs (C(OH)–C–C–N with tert-alkyl or cyclic N) is 2. The molecule has 3 saturated heterocycles. The van der Waals surface area contributed by atoms with E-state index in [0.717, 1.165) is 40.7 Å². The van der Waals surface area contributed by atoms with Gasteiger partial charge < -0.3 is 55.0 Å². The van der Waals surface area contributed by atoms with Gasteiger partial charge in [-0.05, 0) is 84.3 Å². The maximum atomic E-state index is 14.4. The number of halogens is 1. The zero-order valence-electron chi connectivity index (χ0n) is 36.7. The van der Waals surface area contributed by atoms with E-state index in [-0.39, 0.29) is 67.5 Å². The number of aliphatic hydroxyl groups is 2. The van der Waals surface area contributed by atoms with Gasteiger partial charge in [-0.3, -0.25) is 9.59 Å². The summed E-state index contributed by atoms with van der Waals surface area (Å²) in [6.07, 6.45) is -0.888. The summed E-state index contributed by atoms with van der Waals surface area (Å²) in [7, 11) is 2.48. The molecule has 3 aromatic carbocycles. The van der Waals surface area contributed by atoms with Crippen molar-refractivity contribution in [1.82, 2.24) is 40.4 Å². The van der Waals surface area contributed by atoms with Gasteiger partial charge in [-0.25, -0.2) is 23.9 Å². The number of H-pyrrole nitrogens is 2. The maximum absolute atomic E-state index is 14.4. The molecule has 8 atom stereocenters. The Bertz CT molecular complexity index is 2380. The van der Waals surface area contributed by atoms with Gasteiger partial charge in [0.25, 0.3) is 0 Å². The van der Waals surface area contributed by atoms with Crippen LogP contribution in [-0.4, -0.2) is 116 Å². The van der Waals surface area contributed by atoms with E-state index in [1.54, 1.807) is 21.9 Å². The number of ether oxygens (including phenoxy) is 2. The monoisotopic (exact) mass is 881 g/mol. The first-order valence-electron chi connectivity index (χ1n) is 21.8. The van der Waals surface area contributed by atoms with Crippen LogP contribution in [0.1, 0.15) is 100 Å². The quantitative estimate of drug-likeness (QED) is 0.0947. The zero-order valence-corrected chi connectivity index (χ0v) is 36.7. The molecule has 5 aromatic rings. The number of nitrogens with one attached hydrogen (secondary N) is 4. The molecule has 0 spiro atoms. The Morgan fingerprint density at radius 3 is 1.48 bits per heavy atom. The molecule has 4 amide bonds. The molecule has 5 heterocycles. The minimum atomic E-state index is -0.858. The molecule has 64 heavy (non-hydrogen) atoms. The van der Waals surface area contributed by atoms with Crippen LogP contribution in [0.15, 0.2) is 60.7 Å². The number of aliphatic hydroxyl groups excluding tert-OH is 2. The third kappa shape index (κ3) is 8.67. The lowest BCUT2D eigenvalue weighted by atomic mass is 10.0. The number of aromatic nitrogens is 4. The van der Waals surface area contributed by atoms with Gasteiger partial charge in [0.1, 0.15) is 29.5 Å². The largest absolute Gasteiger partial charge is 0.453 e. The second kappa shape index (κ2) is 18.1. The predicted octanol–water partition coefficient (Wildman–Crippen LogP) is 5.69. The number of carbonyl (C=O) groups is 4. The lowest BCUT2D eigenvalue weighted by Crippen LogP contribution is -2.51. The van der Waals surface area contributed by atoms with Gasteiger partial charge in [0.15, 0.2) is 0 Å². The van der Waals surface area contributed by atoms with E-state index in [4.69, 9.17) is 19.4 Å². The molecule has 8 rings (SSSR count). The molecule has 6 N–H and O–H groups in total. The van der Waals surface area contributed by atoms with E-state index in [1.807, 2.05) is 64.1 Å². The number of imidazole rings is 2. The van der Waals surface area contributed by atoms with E-state index in [9.17, 15) is 33.8 Å². The fraction of sp³-hybridized carbons (Fsp3) is 0.478. The Morgan fingerprint density at radius 2 is 1.09 bits per heavy atom. The zero-order chi connectivity index (χ0) is 45.6. The number of aromatic amines is 2. The highest BCUT2D eigenvalue weighted by Gasteiger charge is 2.43. The number of fused-ring (bicyclic) bond motifs is 2. The van der Waals surface area contributed by atoms with Gasteiger partial charge in [0, 0.05) is 31.6 Å². The molecular formula is C46H56FN9O8. The molecule has 2 aromatic heterocycles. The van der Waals surface area contributed by atoms with Crippen molar-refractivity contribution < 1.29 is 43.3 Å². The van der Waals surface area contributed by atoms with Crippen molar-refractivity contribution in [1.29, 1.82) is 0 Å². The van der Waals surface area contributed by atoms with Crippen LogP contribution in [0, 0.1) is 17.7 Å². The van der Waals surface area contributed by atoms with Crippen molar-refractivity contribution >= 4 is 51.8 Å². The topological polar surface area (TPSA) is 218 Å². The molecule has 3 aliphatic rings. The van der Waals surface area contributed by atoms with Gasteiger partial charge in [-0.1, -0.05) is 39.8 Å². The van der Waals surface area contributed by atoms with Crippen LogP contribution in [0.3, 0.4) is 0 Å². The highest BCUT2D eigenvalue weighted by Crippen LogP contribution is 2.48. The molecule has 0 aliphatic carbocycles. The smallest absolute Gasteiger partial charge is 0.407 e. The molecule has 0 saturated carbocycles. The van der Waals surface area contributed by atoms with Gasteiger partial charge in [-0.2, -0.15) is 0 Å². The van der Waals surface area contributed by atoms with E-state index >= 15 is 0 Å². The lowest BCUT2D eigenvalue weighted by Gasteiger charge is -2.33. The summed E-state index contributed by atoms with van der Waals surface area (Å²) in [6, 6.07) is 15.5. The number of benzene rings is 3. The van der Waals surface area contributed by atoms with Crippen LogP contribution in [0.5, 0.6) is 0 Å². The standard InChI is InChI=1S/C46H56FN9O8/c1-23(2)39(52-45(61)63-5)43(59)54-21-29(57)19-37(54)41-48-31-13-7-25(17-33(31)50-41)35-15-16-36(56(35)28-11-9-27(47)10-12-28)26-8-14-32-34(18-26)51-42(49-32)38-20-30(58)22-55(38)44(60)40(24(3)4)53-46(62)64-6/h7-14,17-18,23-24,29-30,35-40,57-58H,15-16,19-22H2,1-6H3,(H,48,50)(H,49,51)(H,52,61)(H,53,62)/t29-,30-,35+,36+,37-,38-,39-,40-/m0/s1. The van der Waals surface area contributed by atoms with Gasteiger partial charge in [-0.15, -0.1) is 0 Å². The number of carbonyl (C=O) groups excluding carboxylic acids is 4. The van der Waals surface area contributed by atoms with Crippen molar-refractivity contribution in [3.63, 3.8) is 0 Å². The minimum absolute atomic E-state index is 0.0933. The predicted molar refractivity (Wildman–Crippen MR) is 234 cm³/mol. The summed E-state index contributed by atoms with van der Waals surface area (Å²) in [5.41, 5.74) is 5.72. The maximum Gasteiger partial charge on any atom is 0.407 e. The number of methoxy groups -OCH3 is 2. The van der Waals surface area contributed by atoms with E-state index in [1.165, 1.54) is 26.4 Å². The van der Waals surface area contributed by atoms with Crippen molar-refractivity contribution in [2.75, 3.05) is 32.2 Å².